The van der Waals surface area contributed by atoms with Gasteiger partial charge in [-0.25, -0.2) is 4.99 Å². The zero-order valence-electron chi connectivity index (χ0n) is 16.3. The molecule has 1 aromatic rings. The van der Waals surface area contributed by atoms with Gasteiger partial charge in [-0.05, 0) is 25.3 Å². The van der Waals surface area contributed by atoms with Crippen molar-refractivity contribution in [1.29, 1.82) is 0 Å². The number of amides is 1. The lowest BCUT2D eigenvalue weighted by molar-refractivity contribution is -0.384. The van der Waals surface area contributed by atoms with Gasteiger partial charge in [0.1, 0.15) is 0 Å². The predicted octanol–water partition coefficient (Wildman–Crippen LogP) is 1.48. The molecule has 1 fully saturated rings. The maximum absolute atomic E-state index is 11.5. The molecular weight excluding hydrogens is 475 g/mol. The number of nitro benzene ring substituents is 1. The van der Waals surface area contributed by atoms with Gasteiger partial charge in [-0.3, -0.25) is 19.8 Å². The minimum absolute atomic E-state index is 0. The summed E-state index contributed by atoms with van der Waals surface area (Å²) < 4.78 is 0. The summed E-state index contributed by atoms with van der Waals surface area (Å²) in [6.07, 6.45) is 1.86. The number of likely N-dealkylation sites (N-methyl/N-ethyl adjacent to an activating group) is 1. The Morgan fingerprint density at radius 3 is 2.68 bits per heavy atom. The molecule has 0 spiro atoms. The number of halogens is 1. The van der Waals surface area contributed by atoms with Crippen LogP contribution in [0.5, 0.6) is 0 Å². The van der Waals surface area contributed by atoms with E-state index in [9.17, 15) is 14.9 Å². The van der Waals surface area contributed by atoms with Crippen molar-refractivity contribution in [1.82, 2.24) is 20.9 Å². The van der Waals surface area contributed by atoms with Crippen LogP contribution >= 0.6 is 24.0 Å². The molecule has 0 atom stereocenters. The lowest BCUT2D eigenvalue weighted by Gasteiger charge is -2.32. The second kappa shape index (κ2) is 12.5. The Morgan fingerprint density at radius 1 is 1.36 bits per heavy atom. The van der Waals surface area contributed by atoms with Crippen molar-refractivity contribution in [2.45, 2.75) is 32.4 Å². The van der Waals surface area contributed by atoms with Gasteiger partial charge in [-0.1, -0.05) is 12.1 Å². The highest BCUT2D eigenvalue weighted by Crippen LogP contribution is 2.14. The summed E-state index contributed by atoms with van der Waals surface area (Å²) in [6.45, 7) is 5.24. The molecule has 1 amide bonds. The molecular formula is C18H29IN6O3. The highest BCUT2D eigenvalue weighted by atomic mass is 127. The van der Waals surface area contributed by atoms with E-state index in [0.717, 1.165) is 38.0 Å². The highest BCUT2D eigenvalue weighted by Gasteiger charge is 2.21. The second-order valence-corrected chi connectivity index (χ2v) is 6.49. The number of piperidine rings is 1. The number of hydrogen-bond donors (Lipinski definition) is 3. The smallest absolute Gasteiger partial charge is 0.269 e. The lowest BCUT2D eigenvalue weighted by Crippen LogP contribution is -2.50. The van der Waals surface area contributed by atoms with Crippen molar-refractivity contribution >= 4 is 41.5 Å². The molecule has 0 aromatic heterocycles. The summed E-state index contributed by atoms with van der Waals surface area (Å²) in [7, 11) is 1.65. The molecule has 156 valence electrons. The van der Waals surface area contributed by atoms with Crippen molar-refractivity contribution in [2.24, 2.45) is 4.99 Å². The first-order chi connectivity index (χ1) is 13.0. The largest absolute Gasteiger partial charge is 0.358 e. The van der Waals surface area contributed by atoms with Crippen LogP contribution in [0.4, 0.5) is 5.69 Å². The maximum atomic E-state index is 11.5. The van der Waals surface area contributed by atoms with E-state index in [1.54, 1.807) is 19.2 Å². The highest BCUT2D eigenvalue weighted by molar-refractivity contribution is 14.0. The van der Waals surface area contributed by atoms with Gasteiger partial charge in [-0.15, -0.1) is 24.0 Å². The molecule has 0 bridgehead atoms. The molecule has 3 N–H and O–H groups in total. The summed E-state index contributed by atoms with van der Waals surface area (Å²) in [5, 5.41) is 20.2. The van der Waals surface area contributed by atoms with Crippen LogP contribution in [-0.2, 0) is 11.3 Å². The number of hydrogen-bond acceptors (Lipinski definition) is 5. The summed E-state index contributed by atoms with van der Waals surface area (Å²) in [5.41, 5.74) is 0.867. The van der Waals surface area contributed by atoms with Crippen LogP contribution in [-0.4, -0.2) is 61.0 Å². The number of nitrogens with zero attached hydrogens (tertiary/aromatic N) is 3. The van der Waals surface area contributed by atoms with E-state index >= 15 is 0 Å². The lowest BCUT2D eigenvalue weighted by atomic mass is 10.1. The van der Waals surface area contributed by atoms with Crippen molar-refractivity contribution in [3.05, 3.63) is 39.9 Å². The molecule has 1 aliphatic heterocycles. The Balaban J connectivity index is 0.00000392. The third-order valence-corrected chi connectivity index (χ3v) is 4.46. The Bertz CT molecular complexity index is 677. The van der Waals surface area contributed by atoms with Crippen LogP contribution in [0.15, 0.2) is 29.3 Å². The fraction of sp³-hybridized carbons (Fsp3) is 0.556. The average molecular weight is 504 g/mol. The van der Waals surface area contributed by atoms with E-state index in [1.807, 2.05) is 13.0 Å². The number of nitro groups is 1. The summed E-state index contributed by atoms with van der Waals surface area (Å²) in [6, 6.07) is 6.81. The molecule has 1 aliphatic rings. The molecule has 2 rings (SSSR count). The Morgan fingerprint density at radius 2 is 2.07 bits per heavy atom. The number of benzene rings is 1. The van der Waals surface area contributed by atoms with Gasteiger partial charge in [0.05, 0.1) is 18.0 Å². The number of carbonyl (C=O) groups is 1. The Labute approximate surface area is 182 Å². The number of non-ortho nitro benzene ring substituents is 1. The number of guanidine groups is 1. The second-order valence-electron chi connectivity index (χ2n) is 6.49. The molecule has 10 heteroatoms. The van der Waals surface area contributed by atoms with Crippen LogP contribution in [0.2, 0.25) is 0 Å². The summed E-state index contributed by atoms with van der Waals surface area (Å²) >= 11 is 0. The molecule has 0 saturated carbocycles. The van der Waals surface area contributed by atoms with E-state index in [4.69, 9.17) is 0 Å². The van der Waals surface area contributed by atoms with E-state index < -0.39 is 4.92 Å². The number of aliphatic imine (C=N–C) groups is 1. The molecule has 0 unspecified atom stereocenters. The van der Waals surface area contributed by atoms with Crippen LogP contribution in [0.1, 0.15) is 25.3 Å². The van der Waals surface area contributed by atoms with Crippen molar-refractivity contribution in [3.8, 4) is 0 Å². The van der Waals surface area contributed by atoms with Gasteiger partial charge in [0.15, 0.2) is 5.96 Å². The van der Waals surface area contributed by atoms with Crippen LogP contribution in [0.3, 0.4) is 0 Å². The van der Waals surface area contributed by atoms with E-state index in [0.29, 0.717) is 19.0 Å². The molecule has 0 radical (unpaired) electrons. The molecule has 1 aromatic carbocycles. The topological polar surface area (TPSA) is 112 Å². The number of rotatable bonds is 7. The number of likely N-dealkylation sites (tertiary alicyclic amines) is 1. The predicted molar refractivity (Wildman–Crippen MR) is 120 cm³/mol. The Kier molecular flexibility index (Phi) is 10.8. The normalized spacial score (nSPS) is 15.4. The van der Waals surface area contributed by atoms with Gasteiger partial charge < -0.3 is 16.0 Å². The standard InChI is InChI=1S/C18H28N6O3.HI/c1-3-20-18(21-12-14-5-4-6-16(11-14)24(26)27)22-15-7-9-23(10-8-15)13-17(25)19-2;/h4-6,11,15H,3,7-10,12-13H2,1-2H3,(H,19,25)(H2,20,21,22);1H. The first-order valence-electron chi connectivity index (χ1n) is 9.23. The van der Waals surface area contributed by atoms with Gasteiger partial charge >= 0.3 is 0 Å². The fourth-order valence-corrected chi connectivity index (χ4v) is 2.97. The van der Waals surface area contributed by atoms with Gasteiger partial charge in [0, 0.05) is 44.9 Å². The van der Waals surface area contributed by atoms with Gasteiger partial charge in [-0.2, -0.15) is 0 Å². The quantitative estimate of drug-likeness (QED) is 0.171. The third-order valence-electron chi connectivity index (χ3n) is 4.46. The molecule has 1 heterocycles. The first kappa shape index (κ1) is 24.1. The molecule has 9 nitrogen and oxygen atoms in total. The molecule has 0 aliphatic carbocycles. The molecule has 28 heavy (non-hydrogen) atoms. The van der Waals surface area contributed by atoms with E-state index in [2.05, 4.69) is 25.8 Å². The van der Waals surface area contributed by atoms with Crippen LogP contribution < -0.4 is 16.0 Å². The van der Waals surface area contributed by atoms with E-state index in [1.165, 1.54) is 6.07 Å². The summed E-state index contributed by atoms with van der Waals surface area (Å²) in [4.78, 5) is 28.7. The average Bonchev–Trinajstić information content (AvgIpc) is 2.68. The monoisotopic (exact) mass is 504 g/mol. The number of nitrogens with one attached hydrogen (secondary N) is 3. The zero-order valence-corrected chi connectivity index (χ0v) is 18.6. The van der Waals surface area contributed by atoms with Gasteiger partial charge in [0.25, 0.3) is 5.69 Å². The third kappa shape index (κ3) is 7.97. The first-order valence-corrected chi connectivity index (χ1v) is 9.23. The van der Waals surface area contributed by atoms with Gasteiger partial charge in [0.2, 0.25) is 5.91 Å². The Hall–Kier alpha value is -1.95. The van der Waals surface area contributed by atoms with Crippen LogP contribution in [0.25, 0.3) is 0 Å². The molecule has 1 saturated heterocycles. The van der Waals surface area contributed by atoms with Crippen LogP contribution in [0, 0.1) is 10.1 Å². The minimum atomic E-state index is -0.400. The van der Waals surface area contributed by atoms with Crippen molar-refractivity contribution in [2.75, 3.05) is 33.2 Å². The maximum Gasteiger partial charge on any atom is 0.269 e. The SMILES string of the molecule is CCNC(=NCc1cccc([N+](=O)[O-])c1)NC1CCN(CC(=O)NC)CC1.I. The summed E-state index contributed by atoms with van der Waals surface area (Å²) in [5.74, 6) is 0.738. The minimum Gasteiger partial charge on any atom is -0.358 e. The van der Waals surface area contributed by atoms with Crippen molar-refractivity contribution in [3.63, 3.8) is 0 Å². The zero-order chi connectivity index (χ0) is 19.6. The van der Waals surface area contributed by atoms with E-state index in [-0.39, 0.29) is 41.6 Å². The fourth-order valence-electron chi connectivity index (χ4n) is 2.97. The van der Waals surface area contributed by atoms with Crippen molar-refractivity contribution < 1.29 is 9.72 Å². The number of carbonyl (C=O) groups excluding carboxylic acids is 1.